The van der Waals surface area contributed by atoms with Crippen LogP contribution in [0.3, 0.4) is 0 Å². The number of amides is 2. The fourth-order valence-corrected chi connectivity index (χ4v) is 4.26. The Balaban J connectivity index is 1.32. The first kappa shape index (κ1) is 19.9. The lowest BCUT2D eigenvalue weighted by molar-refractivity contribution is -0.147. The minimum Gasteiger partial charge on any atom is -0.481 e. The Bertz CT molecular complexity index is 959. The minimum absolute atomic E-state index is 0.0475. The lowest BCUT2D eigenvalue weighted by Crippen LogP contribution is -2.41. The van der Waals surface area contributed by atoms with Gasteiger partial charge in [0.1, 0.15) is 13.2 Å². The molecule has 0 aromatic heterocycles. The van der Waals surface area contributed by atoms with Crippen molar-refractivity contribution in [2.45, 2.75) is 19.3 Å². The molecule has 0 radical (unpaired) electrons. The smallest absolute Gasteiger partial charge is 0.407 e. The van der Waals surface area contributed by atoms with Crippen molar-refractivity contribution < 1.29 is 24.2 Å². The zero-order valence-electron chi connectivity index (χ0n) is 16.8. The van der Waals surface area contributed by atoms with E-state index in [4.69, 9.17) is 4.74 Å². The first-order valence-corrected chi connectivity index (χ1v) is 9.99. The SMILES string of the molecule is CC1(C(=O)O)CCN(C(=O)CNC(=O)OCC2c3ccccc3-c3ccccc32)C1. The molecule has 1 fully saturated rings. The molecular weight excluding hydrogens is 384 g/mol. The first-order chi connectivity index (χ1) is 14.4. The van der Waals surface area contributed by atoms with E-state index in [1.165, 1.54) is 4.90 Å². The van der Waals surface area contributed by atoms with Gasteiger partial charge in [-0.25, -0.2) is 4.79 Å². The van der Waals surface area contributed by atoms with E-state index in [0.717, 1.165) is 22.3 Å². The number of alkyl carbamates (subject to hydrolysis) is 1. The van der Waals surface area contributed by atoms with Gasteiger partial charge in [-0.15, -0.1) is 0 Å². The van der Waals surface area contributed by atoms with Crippen LogP contribution >= 0.6 is 0 Å². The van der Waals surface area contributed by atoms with Crippen LogP contribution in [0.1, 0.15) is 30.4 Å². The third-order valence-corrected chi connectivity index (χ3v) is 6.07. The van der Waals surface area contributed by atoms with Crippen LogP contribution in [0, 0.1) is 5.41 Å². The summed E-state index contributed by atoms with van der Waals surface area (Å²) in [5.41, 5.74) is 3.60. The normalized spacial score (nSPS) is 19.8. The van der Waals surface area contributed by atoms with Crippen molar-refractivity contribution in [3.8, 4) is 11.1 Å². The monoisotopic (exact) mass is 408 g/mol. The van der Waals surface area contributed by atoms with Crippen LogP contribution in [-0.4, -0.2) is 54.2 Å². The topological polar surface area (TPSA) is 95.9 Å². The van der Waals surface area contributed by atoms with Crippen LogP contribution in [0.5, 0.6) is 0 Å². The number of nitrogens with zero attached hydrogens (tertiary/aromatic N) is 1. The molecule has 1 saturated heterocycles. The van der Waals surface area contributed by atoms with Crippen molar-refractivity contribution in [1.29, 1.82) is 0 Å². The summed E-state index contributed by atoms with van der Waals surface area (Å²) in [5.74, 6) is -1.27. The van der Waals surface area contributed by atoms with E-state index < -0.39 is 17.5 Å². The van der Waals surface area contributed by atoms with Gasteiger partial charge in [-0.1, -0.05) is 48.5 Å². The number of likely N-dealkylation sites (tertiary alicyclic amines) is 1. The van der Waals surface area contributed by atoms with Crippen molar-refractivity contribution in [1.82, 2.24) is 10.2 Å². The molecule has 4 rings (SSSR count). The van der Waals surface area contributed by atoms with Gasteiger partial charge in [0.05, 0.1) is 5.41 Å². The number of carbonyl (C=O) groups is 3. The summed E-state index contributed by atoms with van der Waals surface area (Å²) in [6.07, 6.45) is -0.260. The van der Waals surface area contributed by atoms with Gasteiger partial charge in [0.25, 0.3) is 0 Å². The highest BCUT2D eigenvalue weighted by Gasteiger charge is 2.42. The lowest BCUT2D eigenvalue weighted by Gasteiger charge is -2.20. The van der Waals surface area contributed by atoms with E-state index in [9.17, 15) is 19.5 Å². The van der Waals surface area contributed by atoms with Gasteiger partial charge in [-0.3, -0.25) is 9.59 Å². The highest BCUT2D eigenvalue weighted by atomic mass is 16.5. The first-order valence-electron chi connectivity index (χ1n) is 9.99. The van der Waals surface area contributed by atoms with Crippen molar-refractivity contribution in [2.75, 3.05) is 26.2 Å². The number of rotatable bonds is 5. The summed E-state index contributed by atoms with van der Waals surface area (Å²) < 4.78 is 5.42. The maximum absolute atomic E-state index is 12.3. The molecule has 0 spiro atoms. The number of carbonyl (C=O) groups excluding carboxylic acids is 2. The van der Waals surface area contributed by atoms with Gasteiger partial charge < -0.3 is 20.1 Å². The second-order valence-electron chi connectivity index (χ2n) is 8.11. The fourth-order valence-electron chi connectivity index (χ4n) is 4.26. The Morgan fingerprint density at radius 1 is 1.10 bits per heavy atom. The second-order valence-corrected chi connectivity index (χ2v) is 8.11. The van der Waals surface area contributed by atoms with E-state index >= 15 is 0 Å². The minimum atomic E-state index is -0.931. The van der Waals surface area contributed by atoms with Crippen molar-refractivity contribution in [2.24, 2.45) is 5.41 Å². The van der Waals surface area contributed by atoms with Crippen LogP contribution in [0.25, 0.3) is 11.1 Å². The number of hydrogen-bond acceptors (Lipinski definition) is 4. The van der Waals surface area contributed by atoms with Gasteiger partial charge >= 0.3 is 12.1 Å². The third-order valence-electron chi connectivity index (χ3n) is 6.07. The predicted octanol–water partition coefficient (Wildman–Crippen LogP) is 2.85. The number of fused-ring (bicyclic) bond motifs is 3. The number of carboxylic acids is 1. The van der Waals surface area contributed by atoms with Gasteiger partial charge in [0.15, 0.2) is 0 Å². The number of aliphatic carboxylic acids is 1. The second kappa shape index (κ2) is 7.82. The van der Waals surface area contributed by atoms with E-state index in [1.807, 2.05) is 36.4 Å². The van der Waals surface area contributed by atoms with E-state index in [1.54, 1.807) is 6.92 Å². The number of nitrogens with one attached hydrogen (secondary N) is 1. The van der Waals surface area contributed by atoms with Gasteiger partial charge in [0.2, 0.25) is 5.91 Å². The van der Waals surface area contributed by atoms with Crippen LogP contribution in [0.2, 0.25) is 0 Å². The lowest BCUT2D eigenvalue weighted by atomic mass is 9.90. The summed E-state index contributed by atoms with van der Waals surface area (Å²) in [6, 6.07) is 16.1. The molecule has 7 nitrogen and oxygen atoms in total. The fraction of sp³-hybridized carbons (Fsp3) is 0.348. The van der Waals surface area contributed by atoms with Crippen molar-refractivity contribution >= 4 is 18.0 Å². The van der Waals surface area contributed by atoms with Gasteiger partial charge in [-0.2, -0.15) is 0 Å². The quantitative estimate of drug-likeness (QED) is 0.793. The molecule has 1 aliphatic heterocycles. The number of benzene rings is 2. The molecule has 156 valence electrons. The highest BCUT2D eigenvalue weighted by Crippen LogP contribution is 2.44. The van der Waals surface area contributed by atoms with Crippen LogP contribution in [0.4, 0.5) is 4.79 Å². The Morgan fingerprint density at radius 2 is 1.70 bits per heavy atom. The van der Waals surface area contributed by atoms with Crippen LogP contribution in [-0.2, 0) is 14.3 Å². The molecule has 1 heterocycles. The molecule has 1 atom stereocenters. The number of hydrogen-bond donors (Lipinski definition) is 2. The molecule has 2 aliphatic rings. The summed E-state index contributed by atoms with van der Waals surface area (Å²) in [5, 5.41) is 11.8. The molecule has 0 saturated carbocycles. The maximum atomic E-state index is 12.3. The summed E-state index contributed by atoms with van der Waals surface area (Å²) in [6.45, 7) is 2.10. The molecule has 7 heteroatoms. The van der Waals surface area contributed by atoms with E-state index in [-0.39, 0.29) is 31.5 Å². The van der Waals surface area contributed by atoms with Crippen molar-refractivity contribution in [3.05, 3.63) is 59.7 Å². The molecule has 1 aliphatic carbocycles. The molecule has 2 aromatic rings. The van der Waals surface area contributed by atoms with E-state index in [2.05, 4.69) is 17.4 Å². The maximum Gasteiger partial charge on any atom is 0.407 e. The summed E-state index contributed by atoms with van der Waals surface area (Å²) in [7, 11) is 0. The zero-order chi connectivity index (χ0) is 21.3. The molecule has 30 heavy (non-hydrogen) atoms. The van der Waals surface area contributed by atoms with Gasteiger partial charge in [0, 0.05) is 19.0 Å². The largest absolute Gasteiger partial charge is 0.481 e. The molecule has 2 amide bonds. The number of carboxylic acid groups (broad SMARTS) is 1. The molecule has 2 aromatic carbocycles. The Labute approximate surface area is 174 Å². The third kappa shape index (κ3) is 3.63. The molecule has 0 bridgehead atoms. The average molecular weight is 408 g/mol. The zero-order valence-corrected chi connectivity index (χ0v) is 16.8. The number of ether oxygens (including phenoxy) is 1. The Morgan fingerprint density at radius 3 is 2.27 bits per heavy atom. The Hall–Kier alpha value is -3.35. The van der Waals surface area contributed by atoms with Crippen LogP contribution < -0.4 is 5.32 Å². The molecule has 2 N–H and O–H groups in total. The highest BCUT2D eigenvalue weighted by molar-refractivity contribution is 5.84. The molecule has 1 unspecified atom stereocenters. The van der Waals surface area contributed by atoms with Crippen molar-refractivity contribution in [3.63, 3.8) is 0 Å². The Kier molecular flexibility index (Phi) is 5.20. The van der Waals surface area contributed by atoms with Crippen LogP contribution in [0.15, 0.2) is 48.5 Å². The summed E-state index contributed by atoms with van der Waals surface area (Å²) >= 11 is 0. The standard InChI is InChI=1S/C23H24N2O5/c1-23(21(27)28)10-11-25(14-23)20(26)12-24-22(29)30-13-19-17-8-4-2-6-15(17)16-7-3-5-9-18(16)19/h2-9,19H,10-14H2,1H3,(H,24,29)(H,27,28). The predicted molar refractivity (Wildman–Crippen MR) is 110 cm³/mol. The van der Waals surface area contributed by atoms with Gasteiger partial charge in [-0.05, 0) is 35.6 Å². The summed E-state index contributed by atoms with van der Waals surface area (Å²) in [4.78, 5) is 37.3. The average Bonchev–Trinajstić information content (AvgIpc) is 3.30. The molecular formula is C23H24N2O5. The van der Waals surface area contributed by atoms with E-state index in [0.29, 0.717) is 13.0 Å².